The predicted octanol–water partition coefficient (Wildman–Crippen LogP) is 2.08. The van der Waals surface area contributed by atoms with E-state index in [1.54, 1.807) is 16.8 Å². The number of aryl methyl sites for hydroxylation is 2. The molecule has 90 valence electrons. The van der Waals surface area contributed by atoms with Gasteiger partial charge in [-0.25, -0.2) is 14.8 Å². The average Bonchev–Trinajstić information content (AvgIpc) is 2.63. The van der Waals surface area contributed by atoms with E-state index in [2.05, 4.69) is 9.97 Å². The molecule has 0 saturated carbocycles. The number of carboxylic acids is 1. The quantitative estimate of drug-likeness (QED) is 0.881. The molecule has 0 aromatic carbocycles. The van der Waals surface area contributed by atoms with Crippen LogP contribution in [0.3, 0.4) is 0 Å². The first kappa shape index (κ1) is 11.6. The van der Waals surface area contributed by atoms with Crippen LogP contribution in [-0.2, 0) is 4.79 Å². The van der Waals surface area contributed by atoms with Crippen molar-refractivity contribution in [3.63, 3.8) is 0 Å². The van der Waals surface area contributed by atoms with Crippen LogP contribution < -0.4 is 0 Å². The van der Waals surface area contributed by atoms with Gasteiger partial charge in [0.1, 0.15) is 11.6 Å². The third-order valence-electron chi connectivity index (χ3n) is 2.96. The standard InChI is InChI=1S/C12H15N3O2/c1-4-10(12(16)17)15-6-5-9-11(15)14-8(3)7(2)13-9/h5-6,10H,4H2,1-3H3,(H,16,17). The highest BCUT2D eigenvalue weighted by atomic mass is 16.4. The normalized spacial score (nSPS) is 12.9. The van der Waals surface area contributed by atoms with Gasteiger partial charge in [-0.2, -0.15) is 0 Å². The van der Waals surface area contributed by atoms with Crippen LogP contribution in [0.4, 0.5) is 0 Å². The minimum absolute atomic E-state index is 0.522. The summed E-state index contributed by atoms with van der Waals surface area (Å²) in [6, 6.07) is 1.23. The van der Waals surface area contributed by atoms with Crippen LogP contribution in [0.2, 0.25) is 0 Å². The smallest absolute Gasteiger partial charge is 0.326 e. The minimum atomic E-state index is -0.843. The van der Waals surface area contributed by atoms with Gasteiger partial charge in [-0.1, -0.05) is 6.92 Å². The Labute approximate surface area is 99.1 Å². The Balaban J connectivity index is 2.63. The topological polar surface area (TPSA) is 68.0 Å². The number of carboxylic acid groups (broad SMARTS) is 1. The summed E-state index contributed by atoms with van der Waals surface area (Å²) in [6.07, 6.45) is 2.26. The molecule has 2 aromatic heterocycles. The largest absolute Gasteiger partial charge is 0.480 e. The summed E-state index contributed by atoms with van der Waals surface area (Å²) < 4.78 is 1.68. The number of carbonyl (C=O) groups is 1. The van der Waals surface area contributed by atoms with Gasteiger partial charge in [0.25, 0.3) is 0 Å². The molecule has 17 heavy (non-hydrogen) atoms. The summed E-state index contributed by atoms with van der Waals surface area (Å²) in [7, 11) is 0. The summed E-state index contributed by atoms with van der Waals surface area (Å²) in [4.78, 5) is 20.0. The van der Waals surface area contributed by atoms with E-state index in [1.165, 1.54) is 0 Å². The lowest BCUT2D eigenvalue weighted by molar-refractivity contribution is -0.140. The third-order valence-corrected chi connectivity index (χ3v) is 2.96. The van der Waals surface area contributed by atoms with E-state index in [0.29, 0.717) is 12.1 Å². The van der Waals surface area contributed by atoms with Crippen molar-refractivity contribution in [2.24, 2.45) is 0 Å². The highest BCUT2D eigenvalue weighted by Gasteiger charge is 2.20. The van der Waals surface area contributed by atoms with Crippen LogP contribution in [-0.4, -0.2) is 25.6 Å². The SMILES string of the molecule is CCC(C(=O)O)n1ccc2nc(C)c(C)nc21. The molecule has 0 radical (unpaired) electrons. The van der Waals surface area contributed by atoms with Crippen molar-refractivity contribution in [2.45, 2.75) is 33.2 Å². The van der Waals surface area contributed by atoms with Gasteiger partial charge >= 0.3 is 5.97 Å². The summed E-state index contributed by atoms with van der Waals surface area (Å²) in [6.45, 7) is 5.62. The highest BCUT2D eigenvalue weighted by Crippen LogP contribution is 2.20. The fourth-order valence-corrected chi connectivity index (χ4v) is 1.87. The Bertz CT molecular complexity index is 574. The molecule has 5 nitrogen and oxygen atoms in total. The second-order valence-corrected chi connectivity index (χ2v) is 4.09. The number of aliphatic carboxylic acids is 1. The van der Waals surface area contributed by atoms with Crippen LogP contribution >= 0.6 is 0 Å². The van der Waals surface area contributed by atoms with Gasteiger partial charge in [-0.15, -0.1) is 0 Å². The Morgan fingerprint density at radius 1 is 1.41 bits per heavy atom. The molecule has 2 heterocycles. The van der Waals surface area contributed by atoms with Crippen molar-refractivity contribution >= 4 is 17.1 Å². The van der Waals surface area contributed by atoms with Crippen LogP contribution in [0.25, 0.3) is 11.2 Å². The lowest BCUT2D eigenvalue weighted by Gasteiger charge is -2.13. The van der Waals surface area contributed by atoms with Crippen molar-refractivity contribution in [3.05, 3.63) is 23.7 Å². The Kier molecular flexibility index (Phi) is 2.83. The molecule has 1 unspecified atom stereocenters. The van der Waals surface area contributed by atoms with Gasteiger partial charge < -0.3 is 9.67 Å². The molecule has 2 rings (SSSR count). The second kappa shape index (κ2) is 4.16. The molecule has 2 aromatic rings. The summed E-state index contributed by atoms with van der Waals surface area (Å²) in [5.41, 5.74) is 3.09. The monoisotopic (exact) mass is 233 g/mol. The molecule has 0 aliphatic carbocycles. The van der Waals surface area contributed by atoms with Crippen molar-refractivity contribution in [1.29, 1.82) is 0 Å². The number of nitrogens with zero attached hydrogens (tertiary/aromatic N) is 3. The van der Waals surface area contributed by atoms with Gasteiger partial charge in [0.15, 0.2) is 5.65 Å². The Morgan fingerprint density at radius 3 is 2.65 bits per heavy atom. The number of aromatic nitrogens is 3. The predicted molar refractivity (Wildman–Crippen MR) is 64.0 cm³/mol. The second-order valence-electron chi connectivity index (χ2n) is 4.09. The lowest BCUT2D eigenvalue weighted by Crippen LogP contribution is -2.18. The van der Waals surface area contributed by atoms with Crippen LogP contribution in [0.1, 0.15) is 30.8 Å². The first-order valence-electron chi connectivity index (χ1n) is 5.59. The fraction of sp³-hybridized carbons (Fsp3) is 0.417. The number of hydrogen-bond donors (Lipinski definition) is 1. The average molecular weight is 233 g/mol. The van der Waals surface area contributed by atoms with Gasteiger partial charge in [0.05, 0.1) is 11.4 Å². The molecule has 0 spiro atoms. The third kappa shape index (κ3) is 1.88. The molecule has 0 aliphatic heterocycles. The first-order chi connectivity index (χ1) is 8.04. The summed E-state index contributed by atoms with van der Waals surface area (Å²) in [5.74, 6) is -0.843. The molecular formula is C12H15N3O2. The van der Waals surface area contributed by atoms with E-state index in [4.69, 9.17) is 5.11 Å². The van der Waals surface area contributed by atoms with Crippen LogP contribution in [0.15, 0.2) is 12.3 Å². The number of hydrogen-bond acceptors (Lipinski definition) is 3. The van der Waals surface area contributed by atoms with Gasteiger partial charge in [0.2, 0.25) is 0 Å². The number of rotatable bonds is 3. The minimum Gasteiger partial charge on any atom is -0.480 e. The van der Waals surface area contributed by atoms with Crippen molar-refractivity contribution in [3.8, 4) is 0 Å². The van der Waals surface area contributed by atoms with Crippen molar-refractivity contribution in [2.75, 3.05) is 0 Å². The fourth-order valence-electron chi connectivity index (χ4n) is 1.87. The molecule has 0 aliphatic rings. The summed E-state index contributed by atoms with van der Waals surface area (Å²) >= 11 is 0. The zero-order chi connectivity index (χ0) is 12.6. The van der Waals surface area contributed by atoms with E-state index < -0.39 is 12.0 Å². The van der Waals surface area contributed by atoms with E-state index in [-0.39, 0.29) is 0 Å². The van der Waals surface area contributed by atoms with E-state index in [0.717, 1.165) is 16.9 Å². The van der Waals surface area contributed by atoms with Gasteiger partial charge in [0, 0.05) is 6.20 Å². The van der Waals surface area contributed by atoms with Gasteiger partial charge in [-0.05, 0) is 26.3 Å². The lowest BCUT2D eigenvalue weighted by atomic mass is 10.2. The Hall–Kier alpha value is -1.91. The molecule has 5 heteroatoms. The zero-order valence-electron chi connectivity index (χ0n) is 10.1. The molecule has 1 atom stereocenters. The molecule has 1 N–H and O–H groups in total. The van der Waals surface area contributed by atoms with Crippen LogP contribution in [0, 0.1) is 13.8 Å². The van der Waals surface area contributed by atoms with E-state index in [9.17, 15) is 4.79 Å². The molecule has 0 fully saturated rings. The van der Waals surface area contributed by atoms with Gasteiger partial charge in [-0.3, -0.25) is 0 Å². The Morgan fingerprint density at radius 2 is 2.06 bits per heavy atom. The maximum absolute atomic E-state index is 11.2. The maximum Gasteiger partial charge on any atom is 0.326 e. The van der Waals surface area contributed by atoms with E-state index in [1.807, 2.05) is 20.8 Å². The molecule has 0 bridgehead atoms. The molecule has 0 amide bonds. The summed E-state index contributed by atoms with van der Waals surface area (Å²) in [5, 5.41) is 9.16. The number of fused-ring (bicyclic) bond motifs is 1. The highest BCUT2D eigenvalue weighted by molar-refractivity contribution is 5.77. The van der Waals surface area contributed by atoms with E-state index >= 15 is 0 Å². The first-order valence-corrected chi connectivity index (χ1v) is 5.59. The van der Waals surface area contributed by atoms with Crippen LogP contribution in [0.5, 0.6) is 0 Å². The van der Waals surface area contributed by atoms with Crippen molar-refractivity contribution in [1.82, 2.24) is 14.5 Å². The maximum atomic E-state index is 11.2. The zero-order valence-corrected chi connectivity index (χ0v) is 10.1. The molecular weight excluding hydrogens is 218 g/mol. The van der Waals surface area contributed by atoms with Crippen molar-refractivity contribution < 1.29 is 9.90 Å². The molecule has 0 saturated heterocycles.